The highest BCUT2D eigenvalue weighted by atomic mass is 16.4. The molecule has 0 amide bonds. The number of rotatable bonds is 3. The molecule has 0 unspecified atom stereocenters. The first-order chi connectivity index (χ1) is 11.7. The van der Waals surface area contributed by atoms with Crippen LogP contribution >= 0.6 is 0 Å². The maximum Gasteiger partial charge on any atom is 0.335 e. The number of allylic oxidation sites excluding steroid dienone is 2. The number of aromatic nitrogens is 3. The van der Waals surface area contributed by atoms with Crippen molar-refractivity contribution in [2.24, 2.45) is 11.8 Å². The van der Waals surface area contributed by atoms with Gasteiger partial charge in [0.25, 0.3) is 0 Å². The van der Waals surface area contributed by atoms with Crippen LogP contribution in [0.4, 0.5) is 5.95 Å². The third-order valence-corrected chi connectivity index (χ3v) is 4.82. The van der Waals surface area contributed by atoms with Gasteiger partial charge in [0.05, 0.1) is 17.0 Å². The van der Waals surface area contributed by atoms with Crippen molar-refractivity contribution in [2.45, 2.75) is 12.8 Å². The summed E-state index contributed by atoms with van der Waals surface area (Å²) in [6, 6.07) is 4.79. The van der Waals surface area contributed by atoms with Gasteiger partial charge in [0.1, 0.15) is 0 Å². The molecule has 2 atom stereocenters. The average molecular weight is 322 g/mol. The fourth-order valence-electron chi connectivity index (χ4n) is 3.53. The van der Waals surface area contributed by atoms with Crippen molar-refractivity contribution in [1.82, 2.24) is 15.0 Å². The van der Waals surface area contributed by atoms with Crippen molar-refractivity contribution in [3.8, 4) is 11.4 Å². The van der Waals surface area contributed by atoms with Crippen LogP contribution in [0.2, 0.25) is 0 Å². The Morgan fingerprint density at radius 1 is 1.04 bits per heavy atom. The quantitative estimate of drug-likeness (QED) is 0.875. The highest BCUT2D eigenvalue weighted by molar-refractivity contribution is 5.88. The zero-order valence-electron chi connectivity index (χ0n) is 13.2. The number of pyridine rings is 1. The van der Waals surface area contributed by atoms with Crippen LogP contribution in [-0.2, 0) is 0 Å². The summed E-state index contributed by atoms with van der Waals surface area (Å²) >= 11 is 0. The first kappa shape index (κ1) is 14.8. The molecular weight excluding hydrogens is 304 g/mol. The van der Waals surface area contributed by atoms with Crippen LogP contribution in [0.15, 0.2) is 42.7 Å². The third-order valence-electron chi connectivity index (χ3n) is 4.82. The van der Waals surface area contributed by atoms with Crippen LogP contribution in [0.3, 0.4) is 0 Å². The summed E-state index contributed by atoms with van der Waals surface area (Å²) in [7, 11) is 0. The Kier molecular flexibility index (Phi) is 3.72. The zero-order valence-corrected chi connectivity index (χ0v) is 13.2. The lowest BCUT2D eigenvalue weighted by molar-refractivity contribution is 0.0697. The van der Waals surface area contributed by atoms with E-state index in [-0.39, 0.29) is 5.56 Å². The summed E-state index contributed by atoms with van der Waals surface area (Å²) in [6.07, 6.45) is 10.0. The molecule has 2 aromatic heterocycles. The SMILES string of the molecule is O=C(O)c1ccnc(-c2ccnc(N3C[C@H]4CC=CC[C@H]4C3)n2)c1. The molecule has 0 spiro atoms. The Balaban J connectivity index is 1.60. The fourth-order valence-corrected chi connectivity index (χ4v) is 3.53. The monoisotopic (exact) mass is 322 g/mol. The predicted molar refractivity (Wildman–Crippen MR) is 89.8 cm³/mol. The molecule has 0 aromatic carbocycles. The molecule has 0 radical (unpaired) electrons. The van der Waals surface area contributed by atoms with E-state index in [0.29, 0.717) is 29.2 Å². The molecular formula is C18H18N4O2. The largest absolute Gasteiger partial charge is 0.478 e. The topological polar surface area (TPSA) is 79.2 Å². The van der Waals surface area contributed by atoms with Gasteiger partial charge in [-0.3, -0.25) is 4.98 Å². The lowest BCUT2D eigenvalue weighted by Crippen LogP contribution is -2.22. The van der Waals surface area contributed by atoms with Gasteiger partial charge < -0.3 is 10.0 Å². The Morgan fingerprint density at radius 3 is 2.46 bits per heavy atom. The van der Waals surface area contributed by atoms with Gasteiger partial charge in [0, 0.05) is 25.5 Å². The number of carboxylic acid groups (broad SMARTS) is 1. The molecule has 24 heavy (non-hydrogen) atoms. The van der Waals surface area contributed by atoms with Crippen molar-refractivity contribution in [3.05, 3.63) is 48.3 Å². The van der Waals surface area contributed by atoms with E-state index in [2.05, 4.69) is 32.0 Å². The second-order valence-corrected chi connectivity index (χ2v) is 6.34. The number of nitrogens with zero attached hydrogens (tertiary/aromatic N) is 4. The van der Waals surface area contributed by atoms with Crippen molar-refractivity contribution >= 4 is 11.9 Å². The molecule has 1 N–H and O–H groups in total. The fraction of sp³-hybridized carbons (Fsp3) is 0.333. The lowest BCUT2D eigenvalue weighted by atomic mass is 9.86. The van der Waals surface area contributed by atoms with E-state index in [0.717, 1.165) is 25.9 Å². The number of carbonyl (C=O) groups is 1. The number of fused-ring (bicyclic) bond motifs is 1. The van der Waals surface area contributed by atoms with Gasteiger partial charge >= 0.3 is 5.97 Å². The van der Waals surface area contributed by atoms with Crippen LogP contribution in [0, 0.1) is 11.8 Å². The minimum absolute atomic E-state index is 0.207. The number of hydrogen-bond donors (Lipinski definition) is 1. The molecule has 1 saturated heterocycles. The molecule has 3 heterocycles. The highest BCUT2D eigenvalue weighted by Gasteiger charge is 2.33. The Morgan fingerprint density at radius 2 is 1.75 bits per heavy atom. The lowest BCUT2D eigenvalue weighted by Gasteiger charge is -2.17. The molecule has 2 aliphatic rings. The second kappa shape index (κ2) is 6.03. The van der Waals surface area contributed by atoms with Crippen molar-refractivity contribution in [2.75, 3.05) is 18.0 Å². The van der Waals surface area contributed by atoms with Crippen LogP contribution in [0.1, 0.15) is 23.2 Å². The van der Waals surface area contributed by atoms with Crippen LogP contribution in [0.25, 0.3) is 11.4 Å². The predicted octanol–water partition coefficient (Wildman–Crippen LogP) is 2.64. The normalized spacial score (nSPS) is 22.4. The Bertz CT molecular complexity index is 789. The summed E-state index contributed by atoms with van der Waals surface area (Å²) in [4.78, 5) is 26.6. The molecule has 122 valence electrons. The number of hydrogen-bond acceptors (Lipinski definition) is 5. The van der Waals surface area contributed by atoms with Gasteiger partial charge in [-0.2, -0.15) is 0 Å². The summed E-state index contributed by atoms with van der Waals surface area (Å²) in [6.45, 7) is 1.95. The molecule has 2 aromatic rings. The number of anilines is 1. The van der Waals surface area contributed by atoms with E-state index < -0.39 is 5.97 Å². The van der Waals surface area contributed by atoms with Gasteiger partial charge in [-0.05, 0) is 42.9 Å². The number of aromatic carboxylic acids is 1. The Labute approximate surface area is 139 Å². The summed E-state index contributed by atoms with van der Waals surface area (Å²) in [5.74, 6) is 1.08. The molecule has 1 fully saturated rings. The first-order valence-electron chi connectivity index (χ1n) is 8.13. The maximum absolute atomic E-state index is 11.1. The molecule has 4 rings (SSSR count). The summed E-state index contributed by atoms with van der Waals surface area (Å²) < 4.78 is 0. The maximum atomic E-state index is 11.1. The third kappa shape index (κ3) is 2.75. The standard InChI is InChI=1S/C18H18N4O2/c23-17(24)12-5-7-19-16(9-12)15-6-8-20-18(21-15)22-10-13-3-1-2-4-14(13)11-22/h1-2,5-9,13-14H,3-4,10-11H2,(H,23,24)/t13-,14+. The molecule has 1 aliphatic heterocycles. The van der Waals surface area contributed by atoms with Crippen molar-refractivity contribution < 1.29 is 9.90 Å². The summed E-state index contributed by atoms with van der Waals surface area (Å²) in [5, 5.41) is 9.13. The smallest absolute Gasteiger partial charge is 0.335 e. The van der Waals surface area contributed by atoms with Crippen molar-refractivity contribution in [1.29, 1.82) is 0 Å². The van der Waals surface area contributed by atoms with E-state index in [1.54, 1.807) is 18.3 Å². The van der Waals surface area contributed by atoms with E-state index in [1.165, 1.54) is 12.3 Å². The van der Waals surface area contributed by atoms with E-state index in [4.69, 9.17) is 5.11 Å². The minimum atomic E-state index is -0.968. The molecule has 0 bridgehead atoms. The van der Waals surface area contributed by atoms with Crippen molar-refractivity contribution in [3.63, 3.8) is 0 Å². The van der Waals surface area contributed by atoms with E-state index >= 15 is 0 Å². The molecule has 1 aliphatic carbocycles. The van der Waals surface area contributed by atoms with Crippen LogP contribution < -0.4 is 4.90 Å². The molecule has 6 nitrogen and oxygen atoms in total. The molecule has 0 saturated carbocycles. The van der Waals surface area contributed by atoms with E-state index in [1.807, 2.05) is 0 Å². The minimum Gasteiger partial charge on any atom is -0.478 e. The van der Waals surface area contributed by atoms with E-state index in [9.17, 15) is 4.79 Å². The Hall–Kier alpha value is -2.76. The second-order valence-electron chi connectivity index (χ2n) is 6.34. The number of carboxylic acids is 1. The van der Waals surface area contributed by atoms with Gasteiger partial charge in [-0.25, -0.2) is 14.8 Å². The zero-order chi connectivity index (χ0) is 16.5. The van der Waals surface area contributed by atoms with Crippen LogP contribution in [-0.4, -0.2) is 39.1 Å². The highest BCUT2D eigenvalue weighted by Crippen LogP contribution is 2.34. The summed E-state index contributed by atoms with van der Waals surface area (Å²) in [5.41, 5.74) is 1.41. The molecule has 6 heteroatoms. The average Bonchev–Trinajstić information content (AvgIpc) is 3.06. The van der Waals surface area contributed by atoms with Gasteiger partial charge in [0.2, 0.25) is 5.95 Å². The van der Waals surface area contributed by atoms with Gasteiger partial charge in [-0.1, -0.05) is 12.2 Å². The van der Waals surface area contributed by atoms with Crippen LogP contribution in [0.5, 0.6) is 0 Å². The van der Waals surface area contributed by atoms with Gasteiger partial charge in [-0.15, -0.1) is 0 Å². The first-order valence-corrected chi connectivity index (χ1v) is 8.13. The van der Waals surface area contributed by atoms with Gasteiger partial charge in [0.15, 0.2) is 0 Å².